The summed E-state index contributed by atoms with van der Waals surface area (Å²) < 4.78 is 11.1. The van der Waals surface area contributed by atoms with E-state index >= 15 is 0 Å². The van der Waals surface area contributed by atoms with Crippen molar-refractivity contribution in [1.29, 1.82) is 0 Å². The van der Waals surface area contributed by atoms with Gasteiger partial charge in [0.15, 0.2) is 11.7 Å². The Morgan fingerprint density at radius 1 is 0.971 bits per heavy atom. The van der Waals surface area contributed by atoms with E-state index in [1.54, 1.807) is 13.3 Å². The summed E-state index contributed by atoms with van der Waals surface area (Å²) in [5.74, 6) is 3.26. The number of aromatic nitrogens is 1. The number of hydrogen-bond donors (Lipinski definition) is 1. The number of nitrogens with zero attached hydrogens (tertiary/aromatic N) is 1. The van der Waals surface area contributed by atoms with E-state index < -0.39 is 0 Å². The largest absolute Gasteiger partial charge is 0.497 e. The highest BCUT2D eigenvalue weighted by molar-refractivity contribution is 5.76. The molecule has 176 valence electrons. The third-order valence-electron chi connectivity index (χ3n) is 7.48. The summed E-state index contributed by atoms with van der Waals surface area (Å²) in [6.45, 7) is 0.686. The fourth-order valence-corrected chi connectivity index (χ4v) is 5.83. The highest BCUT2D eigenvalue weighted by atomic mass is 16.5. The molecule has 1 unspecified atom stereocenters. The lowest BCUT2D eigenvalue weighted by Gasteiger charge is -2.45. The molecule has 1 N–H and O–H groups in total. The van der Waals surface area contributed by atoms with Gasteiger partial charge in [-0.1, -0.05) is 48.5 Å². The van der Waals surface area contributed by atoms with Crippen molar-refractivity contribution in [2.75, 3.05) is 13.7 Å². The van der Waals surface area contributed by atoms with Gasteiger partial charge in [-0.2, -0.15) is 0 Å². The van der Waals surface area contributed by atoms with Crippen LogP contribution in [0.1, 0.15) is 52.8 Å². The second-order valence-corrected chi connectivity index (χ2v) is 9.43. The molecule has 1 heterocycles. The van der Waals surface area contributed by atoms with E-state index in [1.807, 2.05) is 24.3 Å². The van der Waals surface area contributed by atoms with E-state index in [1.165, 1.54) is 22.3 Å². The van der Waals surface area contributed by atoms with Gasteiger partial charge in [-0.3, -0.25) is 4.79 Å². The first-order valence-corrected chi connectivity index (χ1v) is 12.2. The summed E-state index contributed by atoms with van der Waals surface area (Å²) in [6.07, 6.45) is 3.62. The number of rotatable bonds is 7. The van der Waals surface area contributed by atoms with E-state index in [4.69, 9.17) is 9.15 Å². The molecule has 1 amide bonds. The van der Waals surface area contributed by atoms with E-state index in [0.717, 1.165) is 17.7 Å². The van der Waals surface area contributed by atoms with Crippen molar-refractivity contribution in [3.8, 4) is 17.1 Å². The van der Waals surface area contributed by atoms with E-state index in [0.29, 0.717) is 48.8 Å². The molecule has 4 aromatic rings. The van der Waals surface area contributed by atoms with Crippen LogP contribution in [-0.4, -0.2) is 24.5 Å². The van der Waals surface area contributed by atoms with Gasteiger partial charge in [0.2, 0.25) is 5.91 Å². The Labute approximate surface area is 205 Å². The van der Waals surface area contributed by atoms with Gasteiger partial charge in [-0.25, -0.2) is 4.98 Å². The predicted octanol–water partition coefficient (Wildman–Crippen LogP) is 5.70. The molecule has 5 nitrogen and oxygen atoms in total. The molecule has 0 fully saturated rings. The third-order valence-corrected chi connectivity index (χ3v) is 7.48. The van der Waals surface area contributed by atoms with Gasteiger partial charge in [0.25, 0.3) is 0 Å². The molecular formula is C30H28N2O3. The average Bonchev–Trinajstić information content (AvgIpc) is 3.40. The molecule has 0 aliphatic heterocycles. The van der Waals surface area contributed by atoms with Gasteiger partial charge in [0.05, 0.1) is 13.3 Å². The van der Waals surface area contributed by atoms with Crippen LogP contribution < -0.4 is 10.1 Å². The highest BCUT2D eigenvalue weighted by Crippen LogP contribution is 2.55. The molecule has 35 heavy (non-hydrogen) atoms. The molecule has 0 saturated heterocycles. The van der Waals surface area contributed by atoms with Crippen molar-refractivity contribution in [2.24, 2.45) is 5.92 Å². The topological polar surface area (TPSA) is 64.4 Å². The van der Waals surface area contributed by atoms with E-state index in [-0.39, 0.29) is 5.91 Å². The molecule has 3 aromatic carbocycles. The molecule has 3 aliphatic carbocycles. The summed E-state index contributed by atoms with van der Waals surface area (Å²) in [5, 5.41) is 3.20. The lowest BCUT2D eigenvalue weighted by Crippen LogP contribution is -2.39. The first-order chi connectivity index (χ1) is 17.2. The van der Waals surface area contributed by atoms with Crippen LogP contribution >= 0.6 is 0 Å². The zero-order chi connectivity index (χ0) is 23.8. The van der Waals surface area contributed by atoms with Crippen molar-refractivity contribution >= 4 is 5.91 Å². The number of hydrogen-bond acceptors (Lipinski definition) is 4. The third kappa shape index (κ3) is 4.01. The minimum Gasteiger partial charge on any atom is -0.497 e. The fourth-order valence-electron chi connectivity index (χ4n) is 5.83. The predicted molar refractivity (Wildman–Crippen MR) is 134 cm³/mol. The van der Waals surface area contributed by atoms with Crippen LogP contribution in [-0.2, 0) is 11.2 Å². The van der Waals surface area contributed by atoms with Gasteiger partial charge in [-0.05, 0) is 58.9 Å². The summed E-state index contributed by atoms with van der Waals surface area (Å²) in [7, 11) is 1.64. The normalized spacial score (nSPS) is 19.6. The van der Waals surface area contributed by atoms with Crippen LogP contribution in [0.15, 0.2) is 83.4 Å². The van der Waals surface area contributed by atoms with Crippen LogP contribution in [0.4, 0.5) is 0 Å². The van der Waals surface area contributed by atoms with Gasteiger partial charge in [0.1, 0.15) is 5.75 Å². The number of oxazole rings is 1. The van der Waals surface area contributed by atoms with Gasteiger partial charge < -0.3 is 14.5 Å². The van der Waals surface area contributed by atoms with Crippen molar-refractivity contribution < 1.29 is 13.9 Å². The molecular weight excluding hydrogens is 436 g/mol. The molecule has 0 radical (unpaired) electrons. The standard InChI is InChI=1S/C30H28N2O3/c1-34-21-12-10-19(11-13-21)27-18-32-29(35-27)15-14-28(33)31-17-20-16-26-22-6-2-4-8-24(22)30(20)25-9-5-3-7-23(25)26/h2-13,18,20,26,30H,14-17H2,1H3,(H,31,33). The maximum absolute atomic E-state index is 12.7. The quantitative estimate of drug-likeness (QED) is 0.381. The Kier molecular flexibility index (Phi) is 5.61. The number of nitrogens with one attached hydrogen (secondary N) is 1. The minimum atomic E-state index is 0.0391. The van der Waals surface area contributed by atoms with E-state index in [9.17, 15) is 4.79 Å². The monoisotopic (exact) mass is 464 g/mol. The summed E-state index contributed by atoms with van der Waals surface area (Å²) in [5.41, 5.74) is 6.69. The molecule has 7 rings (SSSR count). The Hall–Kier alpha value is -3.86. The first kappa shape index (κ1) is 21.7. The highest BCUT2D eigenvalue weighted by Gasteiger charge is 2.42. The van der Waals surface area contributed by atoms with E-state index in [2.05, 4.69) is 58.8 Å². The molecule has 0 spiro atoms. The second kappa shape index (κ2) is 9.06. The van der Waals surface area contributed by atoms with Gasteiger partial charge in [-0.15, -0.1) is 0 Å². The molecule has 1 aromatic heterocycles. The van der Waals surface area contributed by atoms with Gasteiger partial charge in [0, 0.05) is 36.8 Å². The zero-order valence-electron chi connectivity index (χ0n) is 19.7. The van der Waals surface area contributed by atoms with Gasteiger partial charge >= 0.3 is 0 Å². The number of benzene rings is 3. The summed E-state index contributed by atoms with van der Waals surface area (Å²) >= 11 is 0. The molecule has 3 aliphatic rings. The maximum Gasteiger partial charge on any atom is 0.220 e. The lowest BCUT2D eigenvalue weighted by atomic mass is 9.59. The number of ether oxygens (including phenoxy) is 1. The minimum absolute atomic E-state index is 0.0391. The smallest absolute Gasteiger partial charge is 0.220 e. The number of carbonyl (C=O) groups is 1. The van der Waals surface area contributed by atoms with Crippen molar-refractivity contribution in [1.82, 2.24) is 10.3 Å². The zero-order valence-corrected chi connectivity index (χ0v) is 19.7. The Morgan fingerprint density at radius 2 is 1.63 bits per heavy atom. The number of aryl methyl sites for hydroxylation is 1. The van der Waals surface area contributed by atoms with Crippen molar-refractivity contribution in [2.45, 2.75) is 31.1 Å². The number of methoxy groups -OCH3 is 1. The lowest BCUT2D eigenvalue weighted by molar-refractivity contribution is -0.121. The molecule has 1 atom stereocenters. The van der Waals surface area contributed by atoms with Crippen LogP contribution in [0.2, 0.25) is 0 Å². The Morgan fingerprint density at radius 3 is 2.29 bits per heavy atom. The first-order valence-electron chi connectivity index (χ1n) is 12.2. The van der Waals surface area contributed by atoms with Crippen LogP contribution in [0.3, 0.4) is 0 Å². The number of carbonyl (C=O) groups excluding carboxylic acids is 1. The maximum atomic E-state index is 12.7. The van der Waals surface area contributed by atoms with Crippen LogP contribution in [0, 0.1) is 5.92 Å². The average molecular weight is 465 g/mol. The number of amides is 1. The van der Waals surface area contributed by atoms with Crippen LogP contribution in [0.5, 0.6) is 5.75 Å². The fraction of sp³-hybridized carbons (Fsp3) is 0.267. The SMILES string of the molecule is COc1ccc(-c2cnc(CCC(=O)NCC3CC4c5ccccc5C3c3ccccc34)o2)cc1. The van der Waals surface area contributed by atoms with Crippen LogP contribution in [0.25, 0.3) is 11.3 Å². The number of fused-ring (bicyclic) bond motifs is 1. The van der Waals surface area contributed by atoms with Crippen molar-refractivity contribution in [3.05, 3.63) is 107 Å². The molecule has 0 saturated carbocycles. The molecule has 5 heteroatoms. The molecule has 2 bridgehead atoms. The van der Waals surface area contributed by atoms with Crippen molar-refractivity contribution in [3.63, 3.8) is 0 Å². The Balaban J connectivity index is 1.08. The second-order valence-electron chi connectivity index (χ2n) is 9.43. The summed E-state index contributed by atoms with van der Waals surface area (Å²) in [4.78, 5) is 17.1. The summed E-state index contributed by atoms with van der Waals surface area (Å²) in [6, 6.07) is 25.3. The Bertz CT molecular complexity index is 1310.